The van der Waals surface area contributed by atoms with Crippen LogP contribution in [0.2, 0.25) is 0 Å². The lowest BCUT2D eigenvalue weighted by Gasteiger charge is -2.05. The van der Waals surface area contributed by atoms with Crippen LogP contribution in [0.3, 0.4) is 0 Å². The van der Waals surface area contributed by atoms with E-state index in [1.165, 1.54) is 19.2 Å². The molecule has 2 aromatic carbocycles. The van der Waals surface area contributed by atoms with Crippen LogP contribution in [0.25, 0.3) is 11.0 Å². The normalized spacial score (nSPS) is 10.5. The molecular weight excluding hydrogens is 270 g/mol. The molecule has 6 heteroatoms. The predicted octanol–water partition coefficient (Wildman–Crippen LogP) is 2.53. The molecule has 0 aliphatic heterocycles. The lowest BCUT2D eigenvalue weighted by Crippen LogP contribution is -2.12. The summed E-state index contributed by atoms with van der Waals surface area (Å²) < 4.78 is 4.94. The number of para-hydroxylation sites is 2. The van der Waals surface area contributed by atoms with Gasteiger partial charge in [0.15, 0.2) is 11.5 Å². The Morgan fingerprint density at radius 1 is 1.29 bits per heavy atom. The number of aromatic nitrogens is 2. The number of hydrogen-bond donors (Lipinski definition) is 3. The molecule has 3 rings (SSSR count). The maximum absolute atomic E-state index is 12.1. The number of hydrogen-bond acceptors (Lipinski definition) is 4. The number of ether oxygens (including phenoxy) is 1. The third kappa shape index (κ3) is 2.51. The van der Waals surface area contributed by atoms with E-state index in [4.69, 9.17) is 4.74 Å². The van der Waals surface area contributed by atoms with Crippen LogP contribution < -0.4 is 10.1 Å². The van der Waals surface area contributed by atoms with Crippen LogP contribution in [0.15, 0.2) is 42.5 Å². The molecule has 0 aliphatic carbocycles. The van der Waals surface area contributed by atoms with Crippen molar-refractivity contribution in [3.8, 4) is 11.5 Å². The lowest BCUT2D eigenvalue weighted by atomic mass is 10.2. The van der Waals surface area contributed by atoms with Gasteiger partial charge in [-0.25, -0.2) is 4.98 Å². The topological polar surface area (TPSA) is 87.2 Å². The predicted molar refractivity (Wildman–Crippen MR) is 78.7 cm³/mol. The van der Waals surface area contributed by atoms with Crippen LogP contribution >= 0.6 is 0 Å². The van der Waals surface area contributed by atoms with Crippen LogP contribution in [0.4, 0.5) is 5.95 Å². The number of benzene rings is 2. The van der Waals surface area contributed by atoms with Crippen molar-refractivity contribution in [3.05, 3.63) is 48.0 Å². The van der Waals surface area contributed by atoms with Gasteiger partial charge in [-0.05, 0) is 30.3 Å². The molecule has 3 N–H and O–H groups in total. The van der Waals surface area contributed by atoms with E-state index in [0.717, 1.165) is 11.0 Å². The molecule has 21 heavy (non-hydrogen) atoms. The molecule has 0 saturated carbocycles. The zero-order valence-corrected chi connectivity index (χ0v) is 11.3. The molecule has 1 amide bonds. The molecule has 0 saturated heterocycles. The molecule has 106 valence electrons. The number of aromatic hydroxyl groups is 1. The summed E-state index contributed by atoms with van der Waals surface area (Å²) in [6.45, 7) is 0. The van der Waals surface area contributed by atoms with Crippen LogP contribution in [0.1, 0.15) is 10.4 Å². The van der Waals surface area contributed by atoms with Crippen molar-refractivity contribution in [2.75, 3.05) is 12.4 Å². The molecule has 0 radical (unpaired) electrons. The second-order valence-electron chi connectivity index (χ2n) is 4.44. The lowest BCUT2D eigenvalue weighted by molar-refractivity contribution is 0.102. The number of phenolic OH excluding ortho intramolecular Hbond substituents is 1. The van der Waals surface area contributed by atoms with Crippen molar-refractivity contribution >= 4 is 22.9 Å². The molecule has 1 heterocycles. The first-order valence-corrected chi connectivity index (χ1v) is 6.30. The SMILES string of the molecule is COc1ccc(C(=O)Nc2nc3ccccc3[nH]2)cc1O. The van der Waals surface area contributed by atoms with Crippen molar-refractivity contribution in [2.45, 2.75) is 0 Å². The number of H-pyrrole nitrogens is 1. The third-order valence-electron chi connectivity index (χ3n) is 3.06. The fraction of sp³-hybridized carbons (Fsp3) is 0.0667. The minimum absolute atomic E-state index is 0.0882. The number of imidazole rings is 1. The first kappa shape index (κ1) is 13.0. The summed E-state index contributed by atoms with van der Waals surface area (Å²) in [7, 11) is 1.45. The quantitative estimate of drug-likeness (QED) is 0.689. The first-order chi connectivity index (χ1) is 10.2. The van der Waals surface area contributed by atoms with E-state index >= 15 is 0 Å². The molecule has 0 atom stereocenters. The molecular formula is C15H13N3O3. The molecule has 0 aliphatic rings. The number of nitrogens with one attached hydrogen (secondary N) is 2. The van der Waals surface area contributed by atoms with Crippen molar-refractivity contribution in [2.24, 2.45) is 0 Å². The van der Waals surface area contributed by atoms with Crippen LogP contribution in [-0.2, 0) is 0 Å². The van der Waals surface area contributed by atoms with Crippen molar-refractivity contribution in [3.63, 3.8) is 0 Å². The van der Waals surface area contributed by atoms with E-state index in [1.54, 1.807) is 6.07 Å². The van der Waals surface area contributed by atoms with E-state index in [1.807, 2.05) is 24.3 Å². The molecule has 1 aromatic heterocycles. The number of phenols is 1. The Labute approximate surface area is 120 Å². The Balaban J connectivity index is 1.84. The summed E-state index contributed by atoms with van der Waals surface area (Å²) in [5.74, 6) is 0.216. The van der Waals surface area contributed by atoms with E-state index in [9.17, 15) is 9.90 Å². The van der Waals surface area contributed by atoms with Crippen LogP contribution in [0, 0.1) is 0 Å². The van der Waals surface area contributed by atoms with Gasteiger partial charge in [0, 0.05) is 5.56 Å². The van der Waals surface area contributed by atoms with Gasteiger partial charge in [-0.15, -0.1) is 0 Å². The van der Waals surface area contributed by atoms with Gasteiger partial charge < -0.3 is 14.8 Å². The number of nitrogens with zero attached hydrogens (tertiary/aromatic N) is 1. The number of amides is 1. The van der Waals surface area contributed by atoms with Gasteiger partial charge in [-0.3, -0.25) is 10.1 Å². The number of anilines is 1. The fourth-order valence-corrected chi connectivity index (χ4v) is 2.02. The smallest absolute Gasteiger partial charge is 0.258 e. The standard InChI is InChI=1S/C15H13N3O3/c1-21-13-7-6-9(8-12(13)19)14(20)18-15-16-10-4-2-3-5-11(10)17-15/h2-8,19H,1H3,(H2,16,17,18,20). The minimum atomic E-state index is -0.369. The van der Waals surface area contributed by atoms with Crippen LogP contribution in [0.5, 0.6) is 11.5 Å². The summed E-state index contributed by atoms with van der Waals surface area (Å²) in [5.41, 5.74) is 1.92. The van der Waals surface area contributed by atoms with Gasteiger partial charge in [0.05, 0.1) is 18.1 Å². The average molecular weight is 283 g/mol. The van der Waals surface area contributed by atoms with E-state index < -0.39 is 0 Å². The van der Waals surface area contributed by atoms with E-state index in [0.29, 0.717) is 17.3 Å². The highest BCUT2D eigenvalue weighted by Crippen LogP contribution is 2.26. The Hall–Kier alpha value is -3.02. The number of aromatic amines is 1. The van der Waals surface area contributed by atoms with Crippen molar-refractivity contribution in [1.82, 2.24) is 9.97 Å². The highest BCUT2D eigenvalue weighted by Gasteiger charge is 2.11. The maximum Gasteiger partial charge on any atom is 0.258 e. The Morgan fingerprint density at radius 2 is 2.10 bits per heavy atom. The maximum atomic E-state index is 12.1. The van der Waals surface area contributed by atoms with Gasteiger partial charge in [-0.2, -0.15) is 0 Å². The van der Waals surface area contributed by atoms with E-state index in [2.05, 4.69) is 15.3 Å². The van der Waals surface area contributed by atoms with E-state index in [-0.39, 0.29) is 11.7 Å². The minimum Gasteiger partial charge on any atom is -0.504 e. The molecule has 0 spiro atoms. The van der Waals surface area contributed by atoms with Crippen LogP contribution in [-0.4, -0.2) is 28.1 Å². The number of fused-ring (bicyclic) bond motifs is 1. The average Bonchev–Trinajstić information content (AvgIpc) is 2.89. The van der Waals surface area contributed by atoms with Gasteiger partial charge in [-0.1, -0.05) is 12.1 Å². The summed E-state index contributed by atoms with van der Waals surface area (Å²) in [4.78, 5) is 19.4. The zero-order valence-electron chi connectivity index (χ0n) is 11.3. The Bertz CT molecular complexity index is 778. The second-order valence-corrected chi connectivity index (χ2v) is 4.44. The number of methoxy groups -OCH3 is 1. The third-order valence-corrected chi connectivity index (χ3v) is 3.06. The molecule has 0 fully saturated rings. The van der Waals surface area contributed by atoms with Gasteiger partial charge in [0.25, 0.3) is 5.91 Å². The summed E-state index contributed by atoms with van der Waals surface area (Å²) in [5, 5.41) is 12.3. The van der Waals surface area contributed by atoms with Crippen molar-refractivity contribution in [1.29, 1.82) is 0 Å². The van der Waals surface area contributed by atoms with Crippen molar-refractivity contribution < 1.29 is 14.6 Å². The molecule has 6 nitrogen and oxygen atoms in total. The first-order valence-electron chi connectivity index (χ1n) is 6.30. The fourth-order valence-electron chi connectivity index (χ4n) is 2.02. The van der Waals surface area contributed by atoms with Gasteiger partial charge in [0.1, 0.15) is 0 Å². The Morgan fingerprint density at radius 3 is 2.81 bits per heavy atom. The molecule has 0 bridgehead atoms. The number of rotatable bonds is 3. The Kier molecular flexibility index (Phi) is 3.19. The summed E-state index contributed by atoms with van der Waals surface area (Å²) in [6, 6.07) is 11.9. The molecule has 0 unspecified atom stereocenters. The highest BCUT2D eigenvalue weighted by atomic mass is 16.5. The second kappa shape index (κ2) is 5.16. The number of carbonyl (C=O) groups is 1. The zero-order chi connectivity index (χ0) is 14.8. The number of carbonyl (C=O) groups excluding carboxylic acids is 1. The largest absolute Gasteiger partial charge is 0.504 e. The molecule has 3 aromatic rings. The summed E-state index contributed by atoms with van der Waals surface area (Å²) in [6.07, 6.45) is 0. The monoisotopic (exact) mass is 283 g/mol. The highest BCUT2D eigenvalue weighted by molar-refractivity contribution is 6.04. The van der Waals surface area contributed by atoms with Gasteiger partial charge in [0.2, 0.25) is 5.95 Å². The van der Waals surface area contributed by atoms with Gasteiger partial charge >= 0.3 is 0 Å². The summed E-state index contributed by atoms with van der Waals surface area (Å²) >= 11 is 0.